The Labute approximate surface area is 142 Å². The summed E-state index contributed by atoms with van der Waals surface area (Å²) < 4.78 is 0. The van der Waals surface area contributed by atoms with Gasteiger partial charge in [-0.3, -0.25) is 24.2 Å². The van der Waals surface area contributed by atoms with Gasteiger partial charge in [0.25, 0.3) is 0 Å². The van der Waals surface area contributed by atoms with Crippen molar-refractivity contribution in [2.75, 3.05) is 39.3 Å². The molecule has 2 aliphatic heterocycles. The largest absolute Gasteiger partial charge is 0.339 e. The first kappa shape index (κ1) is 15.8. The van der Waals surface area contributed by atoms with Crippen LogP contribution in [0.4, 0.5) is 0 Å². The van der Waals surface area contributed by atoms with Crippen molar-refractivity contribution in [3.05, 3.63) is 12.2 Å². The minimum absolute atomic E-state index is 0.0715. The van der Waals surface area contributed by atoms with Crippen LogP contribution in [-0.2, 0) is 14.4 Å². The Balaban J connectivity index is 1.37. The van der Waals surface area contributed by atoms with Gasteiger partial charge in [0.1, 0.15) is 6.54 Å². The fraction of sp³-hybridized carbons (Fsp3) is 0.722. The molecule has 2 bridgehead atoms. The van der Waals surface area contributed by atoms with E-state index in [0.717, 1.165) is 32.5 Å². The molecule has 24 heavy (non-hydrogen) atoms. The molecule has 0 aromatic rings. The SMILES string of the molecule is CCCN1CCN(C(=O)CN2C(=O)[C@@H]3[C@@H](C2=O)[C@H]2C=C[C@H]3C2)CC1. The van der Waals surface area contributed by atoms with Crippen LogP contribution in [0.15, 0.2) is 12.2 Å². The minimum atomic E-state index is -0.207. The van der Waals surface area contributed by atoms with Crippen LogP contribution in [0, 0.1) is 23.7 Å². The first-order valence-corrected chi connectivity index (χ1v) is 9.14. The summed E-state index contributed by atoms with van der Waals surface area (Å²) in [5.41, 5.74) is 0. The summed E-state index contributed by atoms with van der Waals surface area (Å²) in [7, 11) is 0. The number of rotatable bonds is 4. The highest BCUT2D eigenvalue weighted by Gasteiger charge is 2.59. The molecule has 6 heteroatoms. The van der Waals surface area contributed by atoms with Gasteiger partial charge < -0.3 is 4.90 Å². The first-order valence-electron chi connectivity index (χ1n) is 9.14. The number of nitrogens with zero attached hydrogens (tertiary/aromatic N) is 3. The number of likely N-dealkylation sites (tertiary alicyclic amines) is 1. The van der Waals surface area contributed by atoms with E-state index in [1.807, 2.05) is 0 Å². The third-order valence-corrected chi connectivity index (χ3v) is 6.12. The van der Waals surface area contributed by atoms with Crippen molar-refractivity contribution in [1.82, 2.24) is 14.7 Å². The lowest BCUT2D eigenvalue weighted by Crippen LogP contribution is -2.52. The molecule has 3 fully saturated rings. The number of hydrogen-bond acceptors (Lipinski definition) is 4. The Morgan fingerprint density at radius 1 is 1.04 bits per heavy atom. The standard InChI is InChI=1S/C18H25N3O3/c1-2-5-19-6-8-20(9-7-19)14(22)11-21-17(23)15-12-3-4-13(10-12)16(15)18(21)24/h3-4,12-13,15-16H,2,5-11H2,1H3/t12-,13-,15-,16-/m0/s1. The molecule has 2 saturated heterocycles. The fourth-order valence-electron chi connectivity index (χ4n) is 4.89. The van der Waals surface area contributed by atoms with Crippen molar-refractivity contribution in [2.24, 2.45) is 23.7 Å². The molecule has 4 atom stereocenters. The average Bonchev–Trinajstić information content (AvgIpc) is 3.26. The van der Waals surface area contributed by atoms with E-state index in [0.29, 0.717) is 13.1 Å². The maximum absolute atomic E-state index is 12.6. The number of imide groups is 1. The molecule has 0 aromatic heterocycles. The summed E-state index contributed by atoms with van der Waals surface area (Å²) in [4.78, 5) is 43.2. The monoisotopic (exact) mass is 331 g/mol. The molecule has 2 aliphatic carbocycles. The Hall–Kier alpha value is -1.69. The predicted octanol–water partition coefficient (Wildman–Crippen LogP) is 0.348. The van der Waals surface area contributed by atoms with Gasteiger partial charge in [-0.2, -0.15) is 0 Å². The molecule has 130 valence electrons. The summed E-state index contributed by atoms with van der Waals surface area (Å²) >= 11 is 0. The lowest BCUT2D eigenvalue weighted by molar-refractivity contribution is -0.147. The van der Waals surface area contributed by atoms with E-state index in [9.17, 15) is 14.4 Å². The summed E-state index contributed by atoms with van der Waals surface area (Å²) in [6.07, 6.45) is 6.20. The normalized spacial score (nSPS) is 35.2. The number of piperazine rings is 1. The van der Waals surface area contributed by atoms with E-state index >= 15 is 0 Å². The van der Waals surface area contributed by atoms with Crippen molar-refractivity contribution in [1.29, 1.82) is 0 Å². The molecular weight excluding hydrogens is 306 g/mol. The molecule has 0 unspecified atom stereocenters. The molecule has 0 spiro atoms. The number of allylic oxidation sites excluding steroid dienone is 2. The van der Waals surface area contributed by atoms with Gasteiger partial charge in [-0.05, 0) is 31.2 Å². The van der Waals surface area contributed by atoms with Gasteiger partial charge >= 0.3 is 0 Å². The van der Waals surface area contributed by atoms with Gasteiger partial charge in [-0.1, -0.05) is 19.1 Å². The van der Waals surface area contributed by atoms with E-state index in [4.69, 9.17) is 0 Å². The van der Waals surface area contributed by atoms with Gasteiger partial charge in [0.05, 0.1) is 11.8 Å². The van der Waals surface area contributed by atoms with E-state index in [1.54, 1.807) is 4.90 Å². The molecule has 4 rings (SSSR count). The molecule has 0 aromatic carbocycles. The number of carbonyl (C=O) groups excluding carboxylic acids is 3. The highest BCUT2D eigenvalue weighted by molar-refractivity contribution is 6.08. The van der Waals surface area contributed by atoms with Crippen LogP contribution in [0.5, 0.6) is 0 Å². The van der Waals surface area contributed by atoms with Crippen LogP contribution in [0.25, 0.3) is 0 Å². The molecule has 0 radical (unpaired) electrons. The summed E-state index contributed by atoms with van der Waals surface area (Å²) in [6.45, 7) is 6.27. The number of hydrogen-bond donors (Lipinski definition) is 0. The van der Waals surface area contributed by atoms with Gasteiger partial charge in [-0.25, -0.2) is 0 Å². The van der Waals surface area contributed by atoms with Crippen molar-refractivity contribution < 1.29 is 14.4 Å². The number of carbonyl (C=O) groups is 3. The van der Waals surface area contributed by atoms with Gasteiger partial charge in [0.15, 0.2) is 0 Å². The number of fused-ring (bicyclic) bond motifs is 5. The zero-order valence-corrected chi connectivity index (χ0v) is 14.2. The second-order valence-corrected chi connectivity index (χ2v) is 7.48. The van der Waals surface area contributed by atoms with Gasteiger partial charge in [0, 0.05) is 26.2 Å². The molecule has 4 aliphatic rings. The molecule has 3 amide bonds. The van der Waals surface area contributed by atoms with Crippen molar-refractivity contribution in [2.45, 2.75) is 19.8 Å². The van der Waals surface area contributed by atoms with Crippen LogP contribution >= 0.6 is 0 Å². The van der Waals surface area contributed by atoms with E-state index in [2.05, 4.69) is 24.0 Å². The second kappa shape index (κ2) is 5.99. The zero-order valence-electron chi connectivity index (χ0n) is 14.2. The smallest absolute Gasteiger partial charge is 0.242 e. The van der Waals surface area contributed by atoms with Crippen LogP contribution in [-0.4, -0.2) is 71.7 Å². The van der Waals surface area contributed by atoms with Crippen LogP contribution < -0.4 is 0 Å². The maximum atomic E-state index is 12.6. The topological polar surface area (TPSA) is 60.9 Å². The molecule has 0 N–H and O–H groups in total. The van der Waals surface area contributed by atoms with E-state index in [-0.39, 0.29) is 47.9 Å². The number of amides is 3. The zero-order chi connectivity index (χ0) is 16.8. The van der Waals surface area contributed by atoms with Crippen LogP contribution in [0.3, 0.4) is 0 Å². The van der Waals surface area contributed by atoms with Crippen LogP contribution in [0.2, 0.25) is 0 Å². The minimum Gasteiger partial charge on any atom is -0.339 e. The Bertz CT molecular complexity index is 564. The third-order valence-electron chi connectivity index (χ3n) is 6.12. The Kier molecular flexibility index (Phi) is 3.95. The Morgan fingerprint density at radius 3 is 2.17 bits per heavy atom. The second-order valence-electron chi connectivity index (χ2n) is 7.48. The van der Waals surface area contributed by atoms with Gasteiger partial charge in [0.2, 0.25) is 17.7 Å². The quantitative estimate of drug-likeness (QED) is 0.551. The summed E-state index contributed by atoms with van der Waals surface area (Å²) in [5, 5.41) is 0. The maximum Gasteiger partial charge on any atom is 0.242 e. The highest BCUT2D eigenvalue weighted by Crippen LogP contribution is 2.52. The lowest BCUT2D eigenvalue weighted by atomic mass is 9.85. The van der Waals surface area contributed by atoms with Crippen molar-refractivity contribution in [3.63, 3.8) is 0 Å². The molecule has 6 nitrogen and oxygen atoms in total. The molecule has 1 saturated carbocycles. The first-order chi connectivity index (χ1) is 11.6. The summed E-state index contributed by atoms with van der Waals surface area (Å²) in [5.74, 6) is -0.348. The van der Waals surface area contributed by atoms with Crippen molar-refractivity contribution in [3.8, 4) is 0 Å². The highest BCUT2D eigenvalue weighted by atomic mass is 16.2. The van der Waals surface area contributed by atoms with Crippen LogP contribution in [0.1, 0.15) is 19.8 Å². The van der Waals surface area contributed by atoms with Crippen molar-refractivity contribution >= 4 is 17.7 Å². The lowest BCUT2D eigenvalue weighted by Gasteiger charge is -2.35. The average molecular weight is 331 g/mol. The van der Waals surface area contributed by atoms with E-state index < -0.39 is 0 Å². The fourth-order valence-corrected chi connectivity index (χ4v) is 4.89. The summed E-state index contributed by atoms with van der Waals surface area (Å²) in [6, 6.07) is 0. The molecule has 2 heterocycles. The predicted molar refractivity (Wildman–Crippen MR) is 87.7 cm³/mol. The Morgan fingerprint density at radius 2 is 1.62 bits per heavy atom. The van der Waals surface area contributed by atoms with Gasteiger partial charge in [-0.15, -0.1) is 0 Å². The third kappa shape index (κ3) is 2.39. The molecular formula is C18H25N3O3. The van der Waals surface area contributed by atoms with E-state index in [1.165, 1.54) is 4.90 Å².